The largest absolute Gasteiger partial charge is 0.334 e. The Labute approximate surface area is 137 Å². The normalized spacial score (nSPS) is 10.4. The zero-order valence-electron chi connectivity index (χ0n) is 13.8. The molecule has 0 aliphatic rings. The maximum absolute atomic E-state index is 12.3. The van der Waals surface area contributed by atoms with Crippen LogP contribution in [0.3, 0.4) is 0 Å². The van der Waals surface area contributed by atoms with Crippen molar-refractivity contribution in [3.05, 3.63) is 28.3 Å². The van der Waals surface area contributed by atoms with Crippen LogP contribution in [0, 0.1) is 13.8 Å². The second kappa shape index (κ2) is 8.79. The molecule has 0 aliphatic heterocycles. The minimum absolute atomic E-state index is 0.453. The van der Waals surface area contributed by atoms with Crippen molar-refractivity contribution in [3.63, 3.8) is 0 Å². The van der Waals surface area contributed by atoms with Crippen molar-refractivity contribution in [2.24, 2.45) is 0 Å². The van der Waals surface area contributed by atoms with E-state index in [-0.39, 0.29) is 0 Å². The fraction of sp³-hybridized carbons (Fsp3) is 0.529. The molecular formula is C17H25ClN2O2. The first-order chi connectivity index (χ1) is 10.4. The Balaban J connectivity index is 2.84. The number of nitrogens with zero attached hydrogens (tertiary/aromatic N) is 1. The van der Waals surface area contributed by atoms with E-state index in [1.807, 2.05) is 26.8 Å². The molecule has 0 spiro atoms. The monoisotopic (exact) mass is 324 g/mol. The molecule has 0 fully saturated rings. The second-order valence-electron chi connectivity index (χ2n) is 5.54. The van der Waals surface area contributed by atoms with Crippen LogP contribution in [-0.2, 0) is 9.59 Å². The predicted molar refractivity (Wildman–Crippen MR) is 91.3 cm³/mol. The van der Waals surface area contributed by atoms with Crippen molar-refractivity contribution >= 4 is 29.1 Å². The summed E-state index contributed by atoms with van der Waals surface area (Å²) in [5.41, 5.74) is 2.38. The average Bonchev–Trinajstić information content (AvgIpc) is 2.46. The second-order valence-corrected chi connectivity index (χ2v) is 5.95. The topological polar surface area (TPSA) is 49.4 Å². The third-order valence-corrected chi connectivity index (χ3v) is 3.72. The molecule has 0 saturated heterocycles. The van der Waals surface area contributed by atoms with Gasteiger partial charge in [-0.1, -0.05) is 37.9 Å². The number of carbonyl (C=O) groups excluding carboxylic acids is 2. The predicted octanol–water partition coefficient (Wildman–Crippen LogP) is 3.93. The molecule has 1 aromatic carbocycles. The first-order valence-corrected chi connectivity index (χ1v) is 8.15. The van der Waals surface area contributed by atoms with Gasteiger partial charge in [-0.25, -0.2) is 0 Å². The molecule has 1 rings (SSSR count). The van der Waals surface area contributed by atoms with Crippen molar-refractivity contribution in [2.75, 3.05) is 18.4 Å². The van der Waals surface area contributed by atoms with E-state index in [1.54, 1.807) is 11.0 Å². The van der Waals surface area contributed by atoms with Gasteiger partial charge in [0.15, 0.2) is 0 Å². The van der Waals surface area contributed by atoms with Gasteiger partial charge in [-0.15, -0.1) is 0 Å². The molecule has 1 N–H and O–H groups in total. The van der Waals surface area contributed by atoms with Gasteiger partial charge in [0.25, 0.3) is 0 Å². The molecule has 1 aromatic rings. The molecule has 0 aromatic heterocycles. The minimum Gasteiger partial charge on any atom is -0.334 e. The molecule has 0 heterocycles. The van der Waals surface area contributed by atoms with E-state index in [2.05, 4.69) is 12.2 Å². The Morgan fingerprint density at radius 3 is 2.36 bits per heavy atom. The first-order valence-electron chi connectivity index (χ1n) is 7.77. The van der Waals surface area contributed by atoms with E-state index < -0.39 is 11.8 Å². The highest BCUT2D eigenvalue weighted by Gasteiger charge is 2.22. The lowest BCUT2D eigenvalue weighted by atomic mass is 10.1. The van der Waals surface area contributed by atoms with Crippen molar-refractivity contribution in [2.45, 2.75) is 47.0 Å². The number of amides is 2. The standard InChI is InChI=1S/C17H25ClN2O2/c1-5-7-9-20(8-6-2)17(22)16(21)19-15-13(4)10-12(3)11-14(15)18/h10-11H,5-9H2,1-4H3,(H,19,21). The summed E-state index contributed by atoms with van der Waals surface area (Å²) in [5.74, 6) is -1.12. The van der Waals surface area contributed by atoms with Crippen LogP contribution < -0.4 is 5.32 Å². The number of halogens is 1. The van der Waals surface area contributed by atoms with Crippen LogP contribution in [-0.4, -0.2) is 29.8 Å². The van der Waals surface area contributed by atoms with Crippen molar-refractivity contribution in [1.82, 2.24) is 4.90 Å². The fourth-order valence-electron chi connectivity index (χ4n) is 2.32. The van der Waals surface area contributed by atoms with Crippen LogP contribution in [0.5, 0.6) is 0 Å². The molecule has 22 heavy (non-hydrogen) atoms. The summed E-state index contributed by atoms with van der Waals surface area (Å²) in [6.45, 7) is 9.04. The number of hydrogen-bond acceptors (Lipinski definition) is 2. The molecular weight excluding hydrogens is 300 g/mol. The number of aryl methyl sites for hydroxylation is 2. The zero-order chi connectivity index (χ0) is 16.7. The number of anilines is 1. The lowest BCUT2D eigenvalue weighted by Gasteiger charge is -2.21. The smallest absolute Gasteiger partial charge is 0.313 e. The zero-order valence-corrected chi connectivity index (χ0v) is 14.6. The highest BCUT2D eigenvalue weighted by molar-refractivity contribution is 6.41. The Kier molecular flexibility index (Phi) is 7.39. The molecule has 122 valence electrons. The third kappa shape index (κ3) is 5.02. The van der Waals surface area contributed by atoms with Gasteiger partial charge in [0.05, 0.1) is 10.7 Å². The number of benzene rings is 1. The summed E-state index contributed by atoms with van der Waals surface area (Å²) < 4.78 is 0. The van der Waals surface area contributed by atoms with Gasteiger partial charge in [0, 0.05) is 13.1 Å². The maximum atomic E-state index is 12.3. The lowest BCUT2D eigenvalue weighted by molar-refractivity contribution is -0.143. The summed E-state index contributed by atoms with van der Waals surface area (Å²) in [7, 11) is 0. The Hall–Kier alpha value is -1.55. The van der Waals surface area contributed by atoms with E-state index in [1.165, 1.54) is 0 Å². The molecule has 5 heteroatoms. The summed E-state index contributed by atoms with van der Waals surface area (Å²) in [5, 5.41) is 3.11. The molecule has 4 nitrogen and oxygen atoms in total. The van der Waals surface area contributed by atoms with Crippen LogP contribution in [0.1, 0.15) is 44.2 Å². The van der Waals surface area contributed by atoms with Crippen LogP contribution in [0.2, 0.25) is 5.02 Å². The minimum atomic E-state index is -0.626. The van der Waals surface area contributed by atoms with Gasteiger partial charge in [-0.3, -0.25) is 9.59 Å². The van der Waals surface area contributed by atoms with E-state index >= 15 is 0 Å². The SMILES string of the molecule is CCCCN(CCC)C(=O)C(=O)Nc1c(C)cc(C)cc1Cl. The van der Waals surface area contributed by atoms with Gasteiger partial charge in [0.2, 0.25) is 0 Å². The number of rotatable bonds is 6. The van der Waals surface area contributed by atoms with Gasteiger partial charge in [0.1, 0.15) is 0 Å². The van der Waals surface area contributed by atoms with Crippen molar-refractivity contribution in [1.29, 1.82) is 0 Å². The van der Waals surface area contributed by atoms with Crippen LogP contribution in [0.25, 0.3) is 0 Å². The summed E-state index contributed by atoms with van der Waals surface area (Å²) in [6, 6.07) is 3.70. The van der Waals surface area contributed by atoms with Gasteiger partial charge < -0.3 is 10.2 Å². The molecule has 0 saturated carbocycles. The number of unbranched alkanes of at least 4 members (excludes halogenated alkanes) is 1. The van der Waals surface area contributed by atoms with E-state index in [0.29, 0.717) is 23.8 Å². The van der Waals surface area contributed by atoms with Crippen LogP contribution in [0.4, 0.5) is 5.69 Å². The highest BCUT2D eigenvalue weighted by Crippen LogP contribution is 2.27. The van der Waals surface area contributed by atoms with E-state index in [9.17, 15) is 9.59 Å². The average molecular weight is 325 g/mol. The van der Waals surface area contributed by atoms with E-state index in [0.717, 1.165) is 30.4 Å². The molecule has 0 aliphatic carbocycles. The van der Waals surface area contributed by atoms with Crippen molar-refractivity contribution < 1.29 is 9.59 Å². The molecule has 0 atom stereocenters. The summed E-state index contributed by atoms with van der Waals surface area (Å²) in [4.78, 5) is 26.1. The summed E-state index contributed by atoms with van der Waals surface area (Å²) in [6.07, 6.45) is 2.70. The van der Waals surface area contributed by atoms with Gasteiger partial charge >= 0.3 is 11.8 Å². The fourth-order valence-corrected chi connectivity index (χ4v) is 2.69. The Morgan fingerprint density at radius 2 is 1.82 bits per heavy atom. The van der Waals surface area contributed by atoms with Gasteiger partial charge in [-0.2, -0.15) is 0 Å². The number of carbonyl (C=O) groups is 2. The van der Waals surface area contributed by atoms with E-state index in [4.69, 9.17) is 11.6 Å². The Morgan fingerprint density at radius 1 is 1.14 bits per heavy atom. The third-order valence-electron chi connectivity index (χ3n) is 3.43. The highest BCUT2D eigenvalue weighted by atomic mass is 35.5. The maximum Gasteiger partial charge on any atom is 0.313 e. The first kappa shape index (κ1) is 18.5. The van der Waals surface area contributed by atoms with Crippen LogP contribution >= 0.6 is 11.6 Å². The van der Waals surface area contributed by atoms with Crippen LogP contribution in [0.15, 0.2) is 12.1 Å². The van der Waals surface area contributed by atoms with Crippen molar-refractivity contribution in [3.8, 4) is 0 Å². The number of nitrogens with one attached hydrogen (secondary N) is 1. The molecule has 0 bridgehead atoms. The molecule has 0 radical (unpaired) electrons. The lowest BCUT2D eigenvalue weighted by Crippen LogP contribution is -2.40. The summed E-state index contributed by atoms with van der Waals surface area (Å²) >= 11 is 6.17. The molecule has 2 amide bonds. The Bertz CT molecular complexity index is 520. The number of hydrogen-bond donors (Lipinski definition) is 1. The molecule has 0 unspecified atom stereocenters. The quantitative estimate of drug-likeness (QED) is 0.806. The van der Waals surface area contributed by atoms with Gasteiger partial charge in [-0.05, 0) is 43.9 Å².